The monoisotopic (exact) mass is 577 g/mol. The first-order valence-corrected chi connectivity index (χ1v) is 19.0. The van der Waals surface area contributed by atoms with Crippen molar-refractivity contribution in [3.63, 3.8) is 0 Å². The Bertz CT molecular complexity index is 526. The molecule has 1 unspecified atom stereocenters. The first-order valence-electron chi connectivity index (χ1n) is 19.0. The minimum Gasteiger partial charge on any atom is -0.466 e. The fourth-order valence-electron chi connectivity index (χ4n) is 5.68. The Hall–Kier alpha value is -0.790. The highest BCUT2D eigenvalue weighted by molar-refractivity contribution is 5.69. The molecule has 0 spiro atoms. The first-order chi connectivity index (χ1) is 20.2. The molecule has 0 bridgehead atoms. The zero-order chi connectivity index (χ0) is 29.9. The van der Waals surface area contributed by atoms with Crippen molar-refractivity contribution in [2.24, 2.45) is 5.92 Å². The third kappa shape index (κ3) is 35.3. The fourth-order valence-corrected chi connectivity index (χ4v) is 5.68. The van der Waals surface area contributed by atoms with E-state index in [2.05, 4.69) is 32.9 Å². The van der Waals surface area contributed by atoms with Crippen molar-refractivity contribution in [3.05, 3.63) is 12.2 Å². The molecule has 0 saturated heterocycles. The Kier molecular flexibility index (Phi) is 34.7. The maximum absolute atomic E-state index is 11.9. The second-order valence-corrected chi connectivity index (χ2v) is 13.2. The predicted molar refractivity (Wildman–Crippen MR) is 184 cm³/mol. The van der Waals surface area contributed by atoms with E-state index in [1.807, 2.05) is 0 Å². The van der Waals surface area contributed by atoms with Crippen molar-refractivity contribution in [2.75, 3.05) is 6.61 Å². The summed E-state index contributed by atoms with van der Waals surface area (Å²) in [6.45, 7) is 7.58. The van der Waals surface area contributed by atoms with E-state index in [1.165, 1.54) is 173 Å². The lowest BCUT2D eigenvalue weighted by Gasteiger charge is -2.07. The molecule has 2 heteroatoms. The van der Waals surface area contributed by atoms with Gasteiger partial charge < -0.3 is 4.74 Å². The Balaban J connectivity index is 3.16. The molecule has 0 aliphatic rings. The number of carbonyl (C=O) groups excluding carboxylic acids is 1. The number of carbonyl (C=O) groups is 1. The van der Waals surface area contributed by atoms with Gasteiger partial charge in [-0.1, -0.05) is 193 Å². The first kappa shape index (κ1) is 40.2. The van der Waals surface area contributed by atoms with Crippen LogP contribution in [-0.2, 0) is 9.53 Å². The third-order valence-corrected chi connectivity index (χ3v) is 8.94. The van der Waals surface area contributed by atoms with Gasteiger partial charge in [0.05, 0.1) is 6.61 Å². The van der Waals surface area contributed by atoms with Crippen molar-refractivity contribution in [1.29, 1.82) is 0 Å². The molecular formula is C39H76O2. The number of hydrogen-bond donors (Lipinski definition) is 0. The van der Waals surface area contributed by atoms with E-state index in [0.29, 0.717) is 13.0 Å². The summed E-state index contributed by atoms with van der Waals surface area (Å²) in [4.78, 5) is 11.9. The molecule has 0 rings (SSSR count). The molecule has 0 heterocycles. The smallest absolute Gasteiger partial charge is 0.305 e. The van der Waals surface area contributed by atoms with Crippen LogP contribution in [0.2, 0.25) is 0 Å². The van der Waals surface area contributed by atoms with E-state index in [0.717, 1.165) is 25.2 Å². The molecule has 0 aromatic heterocycles. The van der Waals surface area contributed by atoms with Crippen LogP contribution in [0.1, 0.15) is 220 Å². The summed E-state index contributed by atoms with van der Waals surface area (Å²) in [6, 6.07) is 0. The van der Waals surface area contributed by atoms with E-state index in [9.17, 15) is 4.79 Å². The summed E-state index contributed by atoms with van der Waals surface area (Å²) in [5, 5.41) is 0. The van der Waals surface area contributed by atoms with Crippen LogP contribution in [0.4, 0.5) is 0 Å². The van der Waals surface area contributed by atoms with Crippen molar-refractivity contribution in [3.8, 4) is 0 Å². The van der Waals surface area contributed by atoms with Gasteiger partial charge in [0.15, 0.2) is 0 Å². The minimum absolute atomic E-state index is 0.0158. The number of unbranched alkanes of at least 4 members (excludes halogenated alkanes) is 25. The van der Waals surface area contributed by atoms with E-state index in [1.54, 1.807) is 0 Å². The normalized spacial score (nSPS) is 12.4. The van der Waals surface area contributed by atoms with Gasteiger partial charge >= 0.3 is 5.97 Å². The molecular weight excluding hydrogens is 500 g/mol. The van der Waals surface area contributed by atoms with Gasteiger partial charge in [0, 0.05) is 6.42 Å². The van der Waals surface area contributed by atoms with Gasteiger partial charge in [-0.15, -0.1) is 0 Å². The lowest BCUT2D eigenvalue weighted by atomic mass is 9.99. The van der Waals surface area contributed by atoms with E-state index in [4.69, 9.17) is 4.74 Å². The van der Waals surface area contributed by atoms with E-state index in [-0.39, 0.29) is 5.97 Å². The molecule has 0 aliphatic carbocycles. The molecule has 0 amide bonds. The zero-order valence-electron chi connectivity index (χ0n) is 28.7. The molecule has 0 N–H and O–H groups in total. The highest BCUT2D eigenvalue weighted by Crippen LogP contribution is 2.17. The Morgan fingerprint density at radius 3 is 1.37 bits per heavy atom. The van der Waals surface area contributed by atoms with Crippen molar-refractivity contribution < 1.29 is 9.53 Å². The van der Waals surface area contributed by atoms with Crippen molar-refractivity contribution in [2.45, 2.75) is 220 Å². The van der Waals surface area contributed by atoms with Crippen LogP contribution in [0.5, 0.6) is 0 Å². The molecule has 244 valence electrons. The Morgan fingerprint density at radius 2 is 0.902 bits per heavy atom. The summed E-state index contributed by atoms with van der Waals surface area (Å²) in [5.74, 6) is 0.949. The van der Waals surface area contributed by atoms with Gasteiger partial charge in [0.25, 0.3) is 0 Å². The standard InChI is InChI=1S/C39H76O2/c1-4-6-7-8-9-10-20-24-27-30-33-36-39(40)41-37-34-31-28-25-22-19-17-15-13-11-12-14-16-18-21-23-26-29-32-35-38(3)5-2/h8-9,38H,4-7,10-37H2,1-3H3. The topological polar surface area (TPSA) is 26.3 Å². The largest absolute Gasteiger partial charge is 0.466 e. The second kappa shape index (κ2) is 35.4. The molecule has 2 nitrogen and oxygen atoms in total. The second-order valence-electron chi connectivity index (χ2n) is 13.2. The highest BCUT2D eigenvalue weighted by atomic mass is 16.5. The molecule has 0 saturated carbocycles. The van der Waals surface area contributed by atoms with Gasteiger partial charge in [0.1, 0.15) is 0 Å². The number of allylic oxidation sites excluding steroid dienone is 2. The summed E-state index contributed by atoms with van der Waals surface area (Å²) >= 11 is 0. The van der Waals surface area contributed by atoms with Gasteiger partial charge in [-0.3, -0.25) is 4.79 Å². The quantitative estimate of drug-likeness (QED) is 0.0432. The van der Waals surface area contributed by atoms with Crippen LogP contribution in [0.15, 0.2) is 12.2 Å². The van der Waals surface area contributed by atoms with Gasteiger partial charge in [-0.05, 0) is 38.0 Å². The lowest BCUT2D eigenvalue weighted by molar-refractivity contribution is -0.143. The van der Waals surface area contributed by atoms with Crippen LogP contribution in [-0.4, -0.2) is 12.6 Å². The van der Waals surface area contributed by atoms with E-state index < -0.39 is 0 Å². The van der Waals surface area contributed by atoms with E-state index >= 15 is 0 Å². The van der Waals surface area contributed by atoms with Crippen molar-refractivity contribution >= 4 is 5.97 Å². The molecule has 41 heavy (non-hydrogen) atoms. The SMILES string of the molecule is CCCCC=CCCCCCCCC(=O)OCCCCCCCCCCCCCCCCCCCCCC(C)CC. The van der Waals surface area contributed by atoms with Crippen LogP contribution in [0.3, 0.4) is 0 Å². The molecule has 0 radical (unpaired) electrons. The number of ether oxygens (including phenoxy) is 1. The van der Waals surface area contributed by atoms with Crippen LogP contribution in [0, 0.1) is 5.92 Å². The predicted octanol–water partition coefficient (Wildman–Crippen LogP) is 13.9. The summed E-state index contributed by atoms with van der Waals surface area (Å²) in [6.07, 6.45) is 45.6. The van der Waals surface area contributed by atoms with Crippen LogP contribution in [0.25, 0.3) is 0 Å². The maximum Gasteiger partial charge on any atom is 0.305 e. The molecule has 0 aromatic rings. The molecule has 0 fully saturated rings. The van der Waals surface area contributed by atoms with Gasteiger partial charge in [-0.25, -0.2) is 0 Å². The average molecular weight is 577 g/mol. The average Bonchev–Trinajstić information content (AvgIpc) is 2.98. The van der Waals surface area contributed by atoms with Crippen LogP contribution >= 0.6 is 0 Å². The third-order valence-electron chi connectivity index (χ3n) is 8.94. The molecule has 0 aromatic carbocycles. The van der Waals surface area contributed by atoms with Gasteiger partial charge in [-0.2, -0.15) is 0 Å². The lowest BCUT2D eigenvalue weighted by Crippen LogP contribution is -2.05. The summed E-state index contributed by atoms with van der Waals surface area (Å²) < 4.78 is 5.43. The number of rotatable bonds is 34. The summed E-state index contributed by atoms with van der Waals surface area (Å²) in [7, 11) is 0. The minimum atomic E-state index is 0.0158. The zero-order valence-corrected chi connectivity index (χ0v) is 28.7. The maximum atomic E-state index is 11.9. The van der Waals surface area contributed by atoms with Gasteiger partial charge in [0.2, 0.25) is 0 Å². The Morgan fingerprint density at radius 1 is 0.512 bits per heavy atom. The fraction of sp³-hybridized carbons (Fsp3) is 0.923. The highest BCUT2D eigenvalue weighted by Gasteiger charge is 2.03. The Labute approximate surface area is 259 Å². The number of esters is 1. The van der Waals surface area contributed by atoms with Crippen LogP contribution < -0.4 is 0 Å². The van der Waals surface area contributed by atoms with Crippen molar-refractivity contribution in [1.82, 2.24) is 0 Å². The molecule has 0 aliphatic heterocycles. The molecule has 1 atom stereocenters. The number of hydrogen-bond acceptors (Lipinski definition) is 2. The summed E-state index contributed by atoms with van der Waals surface area (Å²) in [5.41, 5.74) is 0.